The summed E-state index contributed by atoms with van der Waals surface area (Å²) in [4.78, 5) is 8.37. The number of thiophene rings is 1. The number of guanidine groups is 1. The fourth-order valence-electron chi connectivity index (χ4n) is 3.00. The highest BCUT2D eigenvalue weighted by atomic mass is 32.1. The Kier molecular flexibility index (Phi) is 6.44. The van der Waals surface area contributed by atoms with Crippen molar-refractivity contribution in [3.8, 4) is 0 Å². The lowest BCUT2D eigenvalue weighted by Crippen LogP contribution is -2.40. The van der Waals surface area contributed by atoms with Crippen molar-refractivity contribution in [1.29, 1.82) is 0 Å². The number of morpholine rings is 1. The van der Waals surface area contributed by atoms with Crippen LogP contribution in [0.4, 0.5) is 5.69 Å². The summed E-state index contributed by atoms with van der Waals surface area (Å²) >= 11 is 1.77. The molecule has 1 saturated heterocycles. The van der Waals surface area contributed by atoms with Gasteiger partial charge < -0.3 is 15.8 Å². The molecule has 1 aliphatic rings. The van der Waals surface area contributed by atoms with Crippen molar-refractivity contribution >= 4 is 23.0 Å². The molecule has 0 bridgehead atoms. The summed E-state index contributed by atoms with van der Waals surface area (Å²) in [7, 11) is 0. The van der Waals surface area contributed by atoms with Crippen LogP contribution in [0.25, 0.3) is 0 Å². The standard InChI is InChI=1S/C19H26N4OS/c1-2-15-5-3-6-16(13-15)22-19(20)21-14-17(18-7-4-12-25-18)23-8-10-24-11-9-23/h3-7,12-13,17H,2,8-11,14H2,1H3,(H3,20,21,22). The molecule has 0 spiro atoms. The first-order chi connectivity index (χ1) is 12.3. The predicted molar refractivity (Wildman–Crippen MR) is 105 cm³/mol. The van der Waals surface area contributed by atoms with Gasteiger partial charge in [0.1, 0.15) is 0 Å². The molecule has 1 aromatic heterocycles. The zero-order chi connectivity index (χ0) is 17.5. The number of aryl methyl sites for hydroxylation is 1. The summed E-state index contributed by atoms with van der Waals surface area (Å²) in [5.41, 5.74) is 8.39. The fraction of sp³-hybridized carbons (Fsp3) is 0.421. The predicted octanol–water partition coefficient (Wildman–Crippen LogP) is 3.11. The zero-order valence-corrected chi connectivity index (χ0v) is 15.5. The van der Waals surface area contributed by atoms with Gasteiger partial charge in [0.15, 0.2) is 5.96 Å². The number of ether oxygens (including phenoxy) is 1. The molecule has 2 heterocycles. The topological polar surface area (TPSA) is 62.9 Å². The van der Waals surface area contributed by atoms with Gasteiger partial charge in [0.25, 0.3) is 0 Å². The molecular weight excluding hydrogens is 332 g/mol. The fourth-order valence-corrected chi connectivity index (χ4v) is 3.85. The number of benzene rings is 1. The second kappa shape index (κ2) is 8.99. The van der Waals surface area contributed by atoms with E-state index >= 15 is 0 Å². The average Bonchev–Trinajstić information content (AvgIpc) is 3.17. The molecule has 25 heavy (non-hydrogen) atoms. The van der Waals surface area contributed by atoms with Crippen molar-refractivity contribution in [2.75, 3.05) is 38.2 Å². The lowest BCUT2D eigenvalue weighted by molar-refractivity contribution is 0.0187. The van der Waals surface area contributed by atoms with E-state index in [2.05, 4.69) is 51.8 Å². The molecule has 6 heteroatoms. The summed E-state index contributed by atoms with van der Waals surface area (Å²) in [6.07, 6.45) is 1.00. The third-order valence-electron chi connectivity index (χ3n) is 4.40. The van der Waals surface area contributed by atoms with Gasteiger partial charge in [-0.1, -0.05) is 25.1 Å². The van der Waals surface area contributed by atoms with Gasteiger partial charge in [-0.3, -0.25) is 9.89 Å². The van der Waals surface area contributed by atoms with Crippen molar-refractivity contribution in [1.82, 2.24) is 4.90 Å². The minimum absolute atomic E-state index is 0.256. The maximum Gasteiger partial charge on any atom is 0.193 e. The molecule has 1 aliphatic heterocycles. The molecule has 1 atom stereocenters. The third-order valence-corrected chi connectivity index (χ3v) is 5.37. The SMILES string of the molecule is CCc1cccc(NC(N)=NCC(c2cccs2)N2CCOCC2)c1. The van der Waals surface area contributed by atoms with E-state index in [0.29, 0.717) is 12.5 Å². The highest BCUT2D eigenvalue weighted by Gasteiger charge is 2.23. The molecule has 1 fully saturated rings. The molecule has 0 radical (unpaired) electrons. The first-order valence-electron chi connectivity index (χ1n) is 8.77. The Labute approximate surface area is 153 Å². The van der Waals surface area contributed by atoms with Crippen LogP contribution in [0.2, 0.25) is 0 Å². The van der Waals surface area contributed by atoms with Gasteiger partial charge in [0, 0.05) is 23.7 Å². The molecule has 0 aliphatic carbocycles. The Bertz CT molecular complexity index is 680. The molecular formula is C19H26N4OS. The molecule has 134 valence electrons. The highest BCUT2D eigenvalue weighted by Crippen LogP contribution is 2.26. The summed E-state index contributed by atoms with van der Waals surface area (Å²) in [5, 5.41) is 5.32. The summed E-state index contributed by atoms with van der Waals surface area (Å²) in [6.45, 7) is 6.22. The van der Waals surface area contributed by atoms with E-state index in [1.54, 1.807) is 11.3 Å². The van der Waals surface area contributed by atoms with Gasteiger partial charge in [0.05, 0.1) is 25.8 Å². The quantitative estimate of drug-likeness (QED) is 0.615. The van der Waals surface area contributed by atoms with Crippen molar-refractivity contribution in [2.24, 2.45) is 10.7 Å². The van der Waals surface area contributed by atoms with E-state index in [9.17, 15) is 0 Å². The van der Waals surface area contributed by atoms with E-state index in [-0.39, 0.29) is 6.04 Å². The minimum atomic E-state index is 0.256. The van der Waals surface area contributed by atoms with Crippen LogP contribution < -0.4 is 11.1 Å². The number of nitrogens with zero attached hydrogens (tertiary/aromatic N) is 2. The van der Waals surface area contributed by atoms with Crippen LogP contribution in [-0.2, 0) is 11.2 Å². The monoisotopic (exact) mass is 358 g/mol. The van der Waals surface area contributed by atoms with Crippen molar-refractivity contribution in [3.05, 3.63) is 52.2 Å². The third kappa shape index (κ3) is 5.04. The minimum Gasteiger partial charge on any atom is -0.379 e. The van der Waals surface area contributed by atoms with E-state index in [0.717, 1.165) is 38.4 Å². The number of anilines is 1. The number of aliphatic imine (C=N–C) groups is 1. The van der Waals surface area contributed by atoms with Crippen LogP contribution >= 0.6 is 11.3 Å². The second-order valence-electron chi connectivity index (χ2n) is 6.08. The van der Waals surface area contributed by atoms with Gasteiger partial charge in [-0.05, 0) is 35.6 Å². The van der Waals surface area contributed by atoms with E-state index in [4.69, 9.17) is 10.5 Å². The summed E-state index contributed by atoms with van der Waals surface area (Å²) in [5.74, 6) is 0.461. The Balaban J connectivity index is 1.67. The lowest BCUT2D eigenvalue weighted by atomic mass is 10.1. The molecule has 3 rings (SSSR count). The number of hydrogen-bond donors (Lipinski definition) is 2. The molecule has 1 unspecified atom stereocenters. The molecule has 0 saturated carbocycles. The lowest BCUT2D eigenvalue weighted by Gasteiger charge is -2.33. The zero-order valence-electron chi connectivity index (χ0n) is 14.6. The van der Waals surface area contributed by atoms with E-state index in [1.807, 2.05) is 12.1 Å². The van der Waals surface area contributed by atoms with Gasteiger partial charge in [-0.15, -0.1) is 11.3 Å². The van der Waals surface area contributed by atoms with E-state index in [1.165, 1.54) is 10.4 Å². The molecule has 2 aromatic rings. The molecule has 5 nitrogen and oxygen atoms in total. The normalized spacial score (nSPS) is 17.4. The van der Waals surface area contributed by atoms with Crippen molar-refractivity contribution in [2.45, 2.75) is 19.4 Å². The van der Waals surface area contributed by atoms with Crippen molar-refractivity contribution in [3.63, 3.8) is 0 Å². The Morgan fingerprint density at radius 1 is 1.32 bits per heavy atom. The maximum absolute atomic E-state index is 6.13. The van der Waals surface area contributed by atoms with Crippen LogP contribution in [0.5, 0.6) is 0 Å². The number of nitrogens with one attached hydrogen (secondary N) is 1. The largest absolute Gasteiger partial charge is 0.379 e. The van der Waals surface area contributed by atoms with Crippen LogP contribution in [0, 0.1) is 0 Å². The van der Waals surface area contributed by atoms with Crippen molar-refractivity contribution < 1.29 is 4.74 Å². The second-order valence-corrected chi connectivity index (χ2v) is 7.06. The average molecular weight is 359 g/mol. The van der Waals surface area contributed by atoms with Gasteiger partial charge in [-0.25, -0.2) is 0 Å². The maximum atomic E-state index is 6.13. The van der Waals surface area contributed by atoms with E-state index < -0.39 is 0 Å². The van der Waals surface area contributed by atoms with Crippen LogP contribution in [0.15, 0.2) is 46.8 Å². The first kappa shape index (κ1) is 17.9. The first-order valence-corrected chi connectivity index (χ1v) is 9.65. The molecule has 3 N–H and O–H groups in total. The summed E-state index contributed by atoms with van der Waals surface area (Å²) in [6, 6.07) is 12.8. The Morgan fingerprint density at radius 2 is 2.16 bits per heavy atom. The van der Waals surface area contributed by atoms with Crippen LogP contribution in [-0.4, -0.2) is 43.7 Å². The highest BCUT2D eigenvalue weighted by molar-refractivity contribution is 7.10. The molecule has 1 aromatic carbocycles. The number of hydrogen-bond acceptors (Lipinski definition) is 4. The van der Waals surface area contributed by atoms with Gasteiger partial charge in [-0.2, -0.15) is 0 Å². The summed E-state index contributed by atoms with van der Waals surface area (Å²) < 4.78 is 5.48. The van der Waals surface area contributed by atoms with Gasteiger partial charge >= 0.3 is 0 Å². The van der Waals surface area contributed by atoms with Crippen LogP contribution in [0.3, 0.4) is 0 Å². The van der Waals surface area contributed by atoms with Crippen LogP contribution in [0.1, 0.15) is 23.4 Å². The van der Waals surface area contributed by atoms with Gasteiger partial charge in [0.2, 0.25) is 0 Å². The Morgan fingerprint density at radius 3 is 2.88 bits per heavy atom. The Hall–Kier alpha value is -1.89. The smallest absolute Gasteiger partial charge is 0.193 e. The number of nitrogens with two attached hydrogens (primary N) is 1. The number of rotatable bonds is 6. The molecule has 0 amide bonds.